The van der Waals surface area contributed by atoms with Crippen LogP contribution in [0.15, 0.2) is 91.0 Å². The average Bonchev–Trinajstić information content (AvgIpc) is 3.52. The van der Waals surface area contributed by atoms with Crippen LogP contribution in [-0.4, -0.2) is 84.5 Å². The van der Waals surface area contributed by atoms with E-state index in [1.165, 1.54) is 43.3 Å². The van der Waals surface area contributed by atoms with Crippen molar-refractivity contribution in [3.8, 4) is 0 Å². The van der Waals surface area contributed by atoms with E-state index in [2.05, 4.69) is 0 Å². The van der Waals surface area contributed by atoms with Crippen LogP contribution in [0.5, 0.6) is 0 Å². The first-order valence-electron chi connectivity index (χ1n) is 16.0. The number of esters is 6. The zero-order chi connectivity index (χ0) is 36.7. The van der Waals surface area contributed by atoms with E-state index in [4.69, 9.17) is 37.9 Å². The summed E-state index contributed by atoms with van der Waals surface area (Å²) in [5.41, 5.74) is 0.395. The van der Waals surface area contributed by atoms with Gasteiger partial charge in [0, 0.05) is 27.2 Å². The molecule has 2 saturated heterocycles. The number of benzene rings is 3. The Balaban J connectivity index is 1.58. The normalized spacial score (nSPS) is 26.7. The summed E-state index contributed by atoms with van der Waals surface area (Å²) >= 11 is 0. The minimum absolute atomic E-state index is 0.127. The summed E-state index contributed by atoms with van der Waals surface area (Å²) < 4.78 is 46.6. The molecule has 0 amide bonds. The lowest BCUT2D eigenvalue weighted by molar-refractivity contribution is -0.266. The third-order valence-electron chi connectivity index (χ3n) is 7.98. The third kappa shape index (κ3) is 8.77. The lowest BCUT2D eigenvalue weighted by atomic mass is 9.95. The number of carbonyl (C=O) groups excluding carboxylic acids is 6. The summed E-state index contributed by atoms with van der Waals surface area (Å²) in [6, 6.07) is 23.7. The van der Waals surface area contributed by atoms with Crippen molar-refractivity contribution in [3.63, 3.8) is 0 Å². The van der Waals surface area contributed by atoms with Gasteiger partial charge >= 0.3 is 35.8 Å². The fraction of sp³-hybridized carbons (Fsp3) is 0.351. The molecule has 2 aliphatic rings. The highest BCUT2D eigenvalue weighted by atomic mass is 16.8. The maximum Gasteiger partial charge on any atom is 0.340 e. The van der Waals surface area contributed by atoms with E-state index in [0.29, 0.717) is 0 Å². The molecule has 0 N–H and O–H groups in total. The second-order valence-electron chi connectivity index (χ2n) is 11.8. The van der Waals surface area contributed by atoms with Crippen molar-refractivity contribution in [1.82, 2.24) is 0 Å². The molecule has 51 heavy (non-hydrogen) atoms. The largest absolute Gasteiger partial charge is 0.456 e. The van der Waals surface area contributed by atoms with Gasteiger partial charge in [-0.3, -0.25) is 14.4 Å². The summed E-state index contributed by atoms with van der Waals surface area (Å²) in [4.78, 5) is 77.4. The molecule has 0 aromatic heterocycles. The molecule has 5 rings (SSSR count). The molecule has 0 unspecified atom stereocenters. The van der Waals surface area contributed by atoms with Crippen molar-refractivity contribution < 1.29 is 66.7 Å². The Labute approximate surface area is 292 Å². The second-order valence-corrected chi connectivity index (χ2v) is 11.8. The molecule has 2 fully saturated rings. The van der Waals surface area contributed by atoms with Crippen molar-refractivity contribution in [2.24, 2.45) is 0 Å². The number of carbonyl (C=O) groups is 6. The maximum absolute atomic E-state index is 13.6. The summed E-state index contributed by atoms with van der Waals surface area (Å²) in [5, 5.41) is 0. The molecule has 3 aromatic rings. The van der Waals surface area contributed by atoms with Crippen LogP contribution in [0.2, 0.25) is 0 Å². The van der Waals surface area contributed by atoms with Gasteiger partial charge in [0.05, 0.1) is 16.7 Å². The van der Waals surface area contributed by atoms with Crippen molar-refractivity contribution in [2.75, 3.05) is 0 Å². The summed E-state index contributed by atoms with van der Waals surface area (Å²) in [6.45, 7) is 4.82. The summed E-state index contributed by atoms with van der Waals surface area (Å²) in [6.07, 6.45) is -10.6. The molecule has 14 heteroatoms. The van der Waals surface area contributed by atoms with Crippen LogP contribution >= 0.6 is 0 Å². The number of ether oxygens (including phenoxy) is 8. The molecule has 3 aromatic carbocycles. The average molecular weight is 705 g/mol. The van der Waals surface area contributed by atoms with Gasteiger partial charge in [0.1, 0.15) is 12.2 Å². The highest BCUT2D eigenvalue weighted by Crippen LogP contribution is 2.44. The first-order chi connectivity index (χ1) is 24.4. The molecular weight excluding hydrogens is 668 g/mol. The molecule has 0 spiro atoms. The number of hydrogen-bond acceptors (Lipinski definition) is 14. The topological polar surface area (TPSA) is 176 Å². The molecule has 8 atom stereocenters. The van der Waals surface area contributed by atoms with Crippen LogP contribution < -0.4 is 0 Å². The minimum Gasteiger partial charge on any atom is -0.456 e. The van der Waals surface area contributed by atoms with Crippen LogP contribution in [0.3, 0.4) is 0 Å². The minimum atomic E-state index is -2.20. The van der Waals surface area contributed by atoms with Gasteiger partial charge in [0.25, 0.3) is 5.79 Å². The van der Waals surface area contributed by atoms with Crippen molar-refractivity contribution in [1.29, 1.82) is 0 Å². The number of rotatable bonds is 11. The highest BCUT2D eigenvalue weighted by Gasteiger charge is 2.64. The molecule has 0 radical (unpaired) electrons. The van der Waals surface area contributed by atoms with Gasteiger partial charge < -0.3 is 37.9 Å². The maximum atomic E-state index is 13.6. The third-order valence-corrected chi connectivity index (χ3v) is 7.98. The van der Waals surface area contributed by atoms with Gasteiger partial charge in [0.2, 0.25) is 18.5 Å². The van der Waals surface area contributed by atoms with Gasteiger partial charge in [0.15, 0.2) is 12.2 Å². The monoisotopic (exact) mass is 704 g/mol. The summed E-state index contributed by atoms with van der Waals surface area (Å²) in [5.74, 6) is -7.22. The van der Waals surface area contributed by atoms with Gasteiger partial charge in [-0.15, -0.1) is 0 Å². The standard InChI is InChI=1S/C37H36O14/c1-21-29(44-22(2)38)32(45-23(3)39)37(50-21,51-24(4)40)20-28-30(47-33(41)25-14-8-5-9-15-25)31(48-34(42)26-16-10-6-11-17-26)36(46-28)49-35(43)27-18-12-7-13-19-27/h5-19,21,28-32,36H,20H2,1-4H3/t21-,28-,29-,30-,31-,32-,36-,37+/m1/s1. The Morgan fingerprint density at radius 3 is 1.47 bits per heavy atom. The summed E-state index contributed by atoms with van der Waals surface area (Å²) in [7, 11) is 0. The predicted octanol–water partition coefficient (Wildman–Crippen LogP) is 3.95. The smallest absolute Gasteiger partial charge is 0.340 e. The fourth-order valence-electron chi connectivity index (χ4n) is 5.94. The quantitative estimate of drug-likeness (QED) is 0.207. The highest BCUT2D eigenvalue weighted by molar-refractivity contribution is 5.91. The van der Waals surface area contributed by atoms with Crippen LogP contribution in [0, 0.1) is 0 Å². The van der Waals surface area contributed by atoms with Gasteiger partial charge in [-0.1, -0.05) is 54.6 Å². The molecule has 0 saturated carbocycles. The van der Waals surface area contributed by atoms with Crippen molar-refractivity contribution in [3.05, 3.63) is 108 Å². The van der Waals surface area contributed by atoms with E-state index in [1.807, 2.05) is 0 Å². The predicted molar refractivity (Wildman–Crippen MR) is 173 cm³/mol. The molecular formula is C37H36O14. The van der Waals surface area contributed by atoms with Crippen LogP contribution in [0.1, 0.15) is 65.2 Å². The molecule has 14 nitrogen and oxygen atoms in total. The van der Waals surface area contributed by atoms with Crippen molar-refractivity contribution in [2.45, 2.75) is 82.8 Å². The SMILES string of the molecule is CC(=O)O[C@H]1[C@@H](OC(C)=O)[C@](C[C@H]2O[C@H](OC(=O)c3ccccc3)[C@H](OC(=O)c3ccccc3)[C@@H]2OC(=O)c2ccccc2)(OC(C)=O)O[C@@H]1C. The lowest BCUT2D eigenvalue weighted by Crippen LogP contribution is -2.53. The Hall–Kier alpha value is -5.60. The second kappa shape index (κ2) is 16.0. The van der Waals surface area contributed by atoms with Crippen LogP contribution in [-0.2, 0) is 52.3 Å². The molecule has 2 aliphatic heterocycles. The van der Waals surface area contributed by atoms with E-state index >= 15 is 0 Å². The molecule has 2 heterocycles. The Morgan fingerprint density at radius 2 is 1.02 bits per heavy atom. The first kappa shape index (κ1) is 36.7. The van der Waals surface area contributed by atoms with E-state index in [0.717, 1.165) is 20.8 Å². The zero-order valence-corrected chi connectivity index (χ0v) is 28.1. The van der Waals surface area contributed by atoms with Gasteiger partial charge in [-0.2, -0.15) is 0 Å². The first-order valence-corrected chi connectivity index (χ1v) is 16.0. The Kier molecular flexibility index (Phi) is 11.5. The Morgan fingerprint density at radius 1 is 0.569 bits per heavy atom. The number of hydrogen-bond donors (Lipinski definition) is 0. The van der Waals surface area contributed by atoms with E-state index in [1.54, 1.807) is 54.6 Å². The van der Waals surface area contributed by atoms with E-state index in [9.17, 15) is 28.8 Å². The zero-order valence-electron chi connectivity index (χ0n) is 28.1. The molecule has 0 aliphatic carbocycles. The van der Waals surface area contributed by atoms with Crippen LogP contribution in [0.25, 0.3) is 0 Å². The van der Waals surface area contributed by atoms with Gasteiger partial charge in [-0.25, -0.2) is 14.4 Å². The van der Waals surface area contributed by atoms with Crippen LogP contribution in [0.4, 0.5) is 0 Å². The van der Waals surface area contributed by atoms with E-state index < -0.39 is 90.9 Å². The van der Waals surface area contributed by atoms with E-state index in [-0.39, 0.29) is 16.7 Å². The fourth-order valence-corrected chi connectivity index (χ4v) is 5.94. The molecule has 0 bridgehead atoms. The van der Waals surface area contributed by atoms with Gasteiger partial charge in [-0.05, 0) is 43.3 Å². The van der Waals surface area contributed by atoms with Crippen molar-refractivity contribution >= 4 is 35.8 Å². The Bertz CT molecular complexity index is 1730. The molecule has 268 valence electrons. The lowest BCUT2D eigenvalue weighted by Gasteiger charge is -2.36.